The average molecular weight is 332 g/mol. The maximum Gasteiger partial charge on any atom is -0.00263 e. The summed E-state index contributed by atoms with van der Waals surface area (Å²) in [7, 11) is 0. The third-order valence-corrected chi connectivity index (χ3v) is 5.47. The second-order valence-electron chi connectivity index (χ2n) is 7.16. The first-order valence-electron chi connectivity index (χ1n) is 9.13. The molecule has 0 saturated heterocycles. The van der Waals surface area contributed by atoms with E-state index in [0.29, 0.717) is 0 Å². The van der Waals surface area contributed by atoms with E-state index in [-0.39, 0.29) is 0 Å². The van der Waals surface area contributed by atoms with E-state index < -0.39 is 0 Å². The first-order valence-corrected chi connectivity index (χ1v) is 9.13. The smallest absolute Gasteiger partial charge is 0.00263 e. The largest absolute Gasteiger partial charge is 0.0622 e. The minimum atomic E-state index is 1.28. The van der Waals surface area contributed by atoms with Crippen molar-refractivity contribution < 1.29 is 0 Å². The summed E-state index contributed by atoms with van der Waals surface area (Å²) in [4.78, 5) is 0. The van der Waals surface area contributed by atoms with E-state index >= 15 is 0 Å². The average Bonchev–Trinajstić information content (AvgIpc) is 2.68. The molecule has 0 heterocycles. The summed E-state index contributed by atoms with van der Waals surface area (Å²) in [6.07, 6.45) is 0. The summed E-state index contributed by atoms with van der Waals surface area (Å²) >= 11 is 0. The van der Waals surface area contributed by atoms with Crippen molar-refractivity contribution in [1.82, 2.24) is 0 Å². The molecule has 26 heavy (non-hydrogen) atoms. The van der Waals surface area contributed by atoms with Gasteiger partial charge in [-0.15, -0.1) is 0 Å². The highest BCUT2D eigenvalue weighted by atomic mass is 14.2. The summed E-state index contributed by atoms with van der Waals surface area (Å²) in [5.74, 6) is 0. The van der Waals surface area contributed by atoms with Gasteiger partial charge in [-0.2, -0.15) is 0 Å². The van der Waals surface area contributed by atoms with Crippen LogP contribution >= 0.6 is 0 Å². The molecule has 0 atom stereocenters. The van der Waals surface area contributed by atoms with Crippen LogP contribution in [0.5, 0.6) is 0 Å². The molecule has 0 aliphatic heterocycles. The molecular weight excluding hydrogens is 312 g/mol. The summed E-state index contributed by atoms with van der Waals surface area (Å²) in [5.41, 5.74) is 5.29. The van der Waals surface area contributed by atoms with Crippen molar-refractivity contribution in [3.05, 3.63) is 96.1 Å². The maximum atomic E-state index is 2.36. The third kappa shape index (κ3) is 2.23. The zero-order valence-corrected chi connectivity index (χ0v) is 15.1. The van der Waals surface area contributed by atoms with Crippen LogP contribution in [0.25, 0.3) is 43.4 Å². The lowest BCUT2D eigenvalue weighted by molar-refractivity contribution is 1.49. The molecule has 0 bridgehead atoms. The summed E-state index contributed by atoms with van der Waals surface area (Å²) in [6.45, 7) is 4.43. The van der Waals surface area contributed by atoms with Gasteiger partial charge in [-0.1, -0.05) is 78.4 Å². The molecule has 0 N–H and O–H groups in total. The van der Waals surface area contributed by atoms with Gasteiger partial charge in [0.25, 0.3) is 0 Å². The zero-order chi connectivity index (χ0) is 17.7. The van der Waals surface area contributed by atoms with E-state index in [4.69, 9.17) is 0 Å². The molecule has 0 spiro atoms. The predicted octanol–water partition coefficient (Wildman–Crippen LogP) is 7.43. The first kappa shape index (κ1) is 15.2. The normalized spacial score (nSPS) is 11.5. The molecule has 0 nitrogen and oxygen atoms in total. The molecule has 0 fully saturated rings. The van der Waals surface area contributed by atoms with Crippen molar-refractivity contribution in [2.24, 2.45) is 0 Å². The minimum Gasteiger partial charge on any atom is -0.0622 e. The molecule has 0 aliphatic rings. The minimum absolute atomic E-state index is 1.28. The van der Waals surface area contributed by atoms with Crippen molar-refractivity contribution in [2.45, 2.75) is 13.8 Å². The molecule has 0 saturated carbocycles. The topological polar surface area (TPSA) is 0 Å². The Hall–Kier alpha value is -3.12. The molecule has 5 aromatic rings. The van der Waals surface area contributed by atoms with E-state index in [1.54, 1.807) is 0 Å². The Morgan fingerprint density at radius 3 is 1.85 bits per heavy atom. The van der Waals surface area contributed by atoms with Crippen LogP contribution in [-0.4, -0.2) is 0 Å². The molecule has 0 amide bonds. The number of benzene rings is 5. The van der Waals surface area contributed by atoms with Crippen molar-refractivity contribution in [2.75, 3.05) is 0 Å². The van der Waals surface area contributed by atoms with Gasteiger partial charge in [0.2, 0.25) is 0 Å². The SMILES string of the molecule is Cc1ccc2c(C)c3cc4ccccc4cc3c(-c3ccccc3)c2c1. The Labute approximate surface area is 153 Å². The maximum absolute atomic E-state index is 2.36. The highest BCUT2D eigenvalue weighted by Crippen LogP contribution is 2.40. The molecule has 0 aromatic heterocycles. The van der Waals surface area contributed by atoms with Crippen LogP contribution in [0, 0.1) is 13.8 Å². The van der Waals surface area contributed by atoms with Gasteiger partial charge in [0, 0.05) is 0 Å². The molecule has 0 aliphatic carbocycles. The van der Waals surface area contributed by atoms with E-state index in [9.17, 15) is 0 Å². The van der Waals surface area contributed by atoms with Gasteiger partial charge in [-0.25, -0.2) is 0 Å². The molecule has 5 aromatic carbocycles. The fraction of sp³-hybridized carbons (Fsp3) is 0.0769. The fourth-order valence-electron chi connectivity index (χ4n) is 4.16. The summed E-state index contributed by atoms with van der Waals surface area (Å²) in [6, 6.07) is 31.0. The number of hydrogen-bond donors (Lipinski definition) is 0. The van der Waals surface area contributed by atoms with Crippen LogP contribution in [0.3, 0.4) is 0 Å². The van der Waals surface area contributed by atoms with Crippen molar-refractivity contribution in [3.8, 4) is 11.1 Å². The van der Waals surface area contributed by atoms with Gasteiger partial charge >= 0.3 is 0 Å². The van der Waals surface area contributed by atoms with Gasteiger partial charge in [-0.05, 0) is 75.0 Å². The molecule has 5 rings (SSSR count). The van der Waals surface area contributed by atoms with Gasteiger partial charge in [0.1, 0.15) is 0 Å². The highest BCUT2D eigenvalue weighted by molar-refractivity contribution is 6.17. The van der Waals surface area contributed by atoms with Crippen LogP contribution in [0.2, 0.25) is 0 Å². The standard InChI is InChI=1S/C26H20/c1-17-12-13-22-18(2)23-15-20-10-6-7-11-21(20)16-25(23)26(24(22)14-17)19-8-4-3-5-9-19/h3-16H,1-2H3. The lowest BCUT2D eigenvalue weighted by Crippen LogP contribution is -1.91. The predicted molar refractivity (Wildman–Crippen MR) is 114 cm³/mol. The highest BCUT2D eigenvalue weighted by Gasteiger charge is 2.14. The van der Waals surface area contributed by atoms with Crippen LogP contribution < -0.4 is 0 Å². The van der Waals surface area contributed by atoms with Gasteiger partial charge in [0.05, 0.1) is 0 Å². The van der Waals surface area contributed by atoms with Crippen LogP contribution in [-0.2, 0) is 0 Å². The van der Waals surface area contributed by atoms with E-state index in [0.717, 1.165) is 0 Å². The van der Waals surface area contributed by atoms with Crippen LogP contribution in [0.4, 0.5) is 0 Å². The molecule has 124 valence electrons. The van der Waals surface area contributed by atoms with Gasteiger partial charge in [0.15, 0.2) is 0 Å². The van der Waals surface area contributed by atoms with E-state index in [1.807, 2.05) is 0 Å². The lowest BCUT2D eigenvalue weighted by atomic mass is 9.87. The van der Waals surface area contributed by atoms with Crippen LogP contribution in [0.15, 0.2) is 84.9 Å². The molecular formula is C26H20. The zero-order valence-electron chi connectivity index (χ0n) is 15.1. The van der Waals surface area contributed by atoms with Crippen molar-refractivity contribution >= 4 is 32.3 Å². The Morgan fingerprint density at radius 2 is 1.12 bits per heavy atom. The van der Waals surface area contributed by atoms with Crippen LogP contribution in [0.1, 0.15) is 11.1 Å². The Bertz CT molecular complexity index is 1280. The molecule has 0 radical (unpaired) electrons. The third-order valence-electron chi connectivity index (χ3n) is 5.47. The van der Waals surface area contributed by atoms with Crippen molar-refractivity contribution in [1.29, 1.82) is 0 Å². The summed E-state index contributed by atoms with van der Waals surface area (Å²) in [5, 5.41) is 7.97. The molecule has 0 heteroatoms. The second kappa shape index (κ2) is 5.71. The molecule has 0 unspecified atom stereocenters. The lowest BCUT2D eigenvalue weighted by Gasteiger charge is -2.17. The number of fused-ring (bicyclic) bond motifs is 3. The van der Waals surface area contributed by atoms with E-state index in [2.05, 4.69) is 98.8 Å². The van der Waals surface area contributed by atoms with Gasteiger partial charge < -0.3 is 0 Å². The Kier molecular flexibility index (Phi) is 3.33. The Balaban J connectivity index is 2.07. The summed E-state index contributed by atoms with van der Waals surface area (Å²) < 4.78 is 0. The van der Waals surface area contributed by atoms with Gasteiger partial charge in [-0.3, -0.25) is 0 Å². The van der Waals surface area contributed by atoms with Crippen molar-refractivity contribution in [3.63, 3.8) is 0 Å². The number of hydrogen-bond acceptors (Lipinski definition) is 0. The quantitative estimate of drug-likeness (QED) is 0.280. The van der Waals surface area contributed by atoms with E-state index in [1.165, 1.54) is 54.6 Å². The number of aryl methyl sites for hydroxylation is 2. The first-order chi connectivity index (χ1) is 12.7. The monoisotopic (exact) mass is 332 g/mol. The fourth-order valence-corrected chi connectivity index (χ4v) is 4.16. The Morgan fingerprint density at radius 1 is 0.500 bits per heavy atom. The number of rotatable bonds is 1. The second-order valence-corrected chi connectivity index (χ2v) is 7.16.